The van der Waals surface area contributed by atoms with Crippen LogP contribution in [0, 0.1) is 0 Å². The number of likely N-dealkylation sites (tertiary alicyclic amines) is 1. The molecule has 1 aliphatic rings. The third kappa shape index (κ3) is 1.93. The molecule has 1 aromatic heterocycles. The fourth-order valence-corrected chi connectivity index (χ4v) is 1.94. The summed E-state index contributed by atoms with van der Waals surface area (Å²) in [5.74, 6) is 0. The van der Waals surface area contributed by atoms with Crippen molar-refractivity contribution in [2.45, 2.75) is 25.4 Å². The van der Waals surface area contributed by atoms with Gasteiger partial charge in [0.05, 0.1) is 17.9 Å². The normalized spacial score (nSPS) is 24.0. The Labute approximate surface area is 83.9 Å². The highest BCUT2D eigenvalue weighted by Crippen LogP contribution is 2.19. The second-order valence-corrected chi connectivity index (χ2v) is 3.95. The maximum absolute atomic E-state index is 5.49. The highest BCUT2D eigenvalue weighted by Gasteiger charge is 2.19. The van der Waals surface area contributed by atoms with Gasteiger partial charge in [0.25, 0.3) is 0 Å². The SMILES string of the molecule is CN1CCC[C@@H](n2cc(CN)nn2)C1. The Morgan fingerprint density at radius 3 is 3.14 bits per heavy atom. The predicted molar refractivity (Wildman–Crippen MR) is 53.7 cm³/mol. The monoisotopic (exact) mass is 195 g/mol. The van der Waals surface area contributed by atoms with E-state index < -0.39 is 0 Å². The molecule has 1 atom stereocenters. The molecule has 1 aromatic rings. The second kappa shape index (κ2) is 4.06. The third-order valence-corrected chi connectivity index (χ3v) is 2.74. The number of likely N-dealkylation sites (N-methyl/N-ethyl adjacent to an activating group) is 1. The first-order valence-corrected chi connectivity index (χ1v) is 5.09. The molecule has 5 nitrogen and oxygen atoms in total. The van der Waals surface area contributed by atoms with Crippen LogP contribution in [-0.4, -0.2) is 40.0 Å². The lowest BCUT2D eigenvalue weighted by Crippen LogP contribution is -2.33. The van der Waals surface area contributed by atoms with Gasteiger partial charge in [-0.2, -0.15) is 0 Å². The van der Waals surface area contributed by atoms with Crippen LogP contribution in [0.15, 0.2) is 6.20 Å². The highest BCUT2D eigenvalue weighted by atomic mass is 15.4. The Bertz CT molecular complexity index is 295. The van der Waals surface area contributed by atoms with E-state index in [9.17, 15) is 0 Å². The maximum atomic E-state index is 5.49. The lowest BCUT2D eigenvalue weighted by Gasteiger charge is -2.29. The Morgan fingerprint density at radius 2 is 2.50 bits per heavy atom. The van der Waals surface area contributed by atoms with Crippen LogP contribution >= 0.6 is 0 Å². The summed E-state index contributed by atoms with van der Waals surface area (Å²) in [7, 11) is 2.15. The molecule has 2 N–H and O–H groups in total. The van der Waals surface area contributed by atoms with Gasteiger partial charge in [-0.3, -0.25) is 0 Å². The molecular weight excluding hydrogens is 178 g/mol. The summed E-state index contributed by atoms with van der Waals surface area (Å²) in [4.78, 5) is 2.33. The summed E-state index contributed by atoms with van der Waals surface area (Å²) in [6.07, 6.45) is 4.39. The van der Waals surface area contributed by atoms with Gasteiger partial charge in [-0.05, 0) is 26.4 Å². The number of nitrogens with two attached hydrogens (primary N) is 1. The van der Waals surface area contributed by atoms with Gasteiger partial charge in [-0.15, -0.1) is 5.10 Å². The second-order valence-electron chi connectivity index (χ2n) is 3.95. The van der Waals surface area contributed by atoms with Crippen LogP contribution in [0.1, 0.15) is 24.6 Å². The number of hydrogen-bond acceptors (Lipinski definition) is 4. The molecule has 0 bridgehead atoms. The molecule has 0 unspecified atom stereocenters. The van der Waals surface area contributed by atoms with Crippen molar-refractivity contribution in [3.63, 3.8) is 0 Å². The van der Waals surface area contributed by atoms with E-state index >= 15 is 0 Å². The lowest BCUT2D eigenvalue weighted by atomic mass is 10.1. The van der Waals surface area contributed by atoms with Crippen molar-refractivity contribution < 1.29 is 0 Å². The molecule has 0 aliphatic carbocycles. The van der Waals surface area contributed by atoms with E-state index in [1.807, 2.05) is 10.9 Å². The molecule has 1 fully saturated rings. The number of piperidine rings is 1. The fourth-order valence-electron chi connectivity index (χ4n) is 1.94. The molecule has 2 heterocycles. The topological polar surface area (TPSA) is 60.0 Å². The smallest absolute Gasteiger partial charge is 0.0962 e. The van der Waals surface area contributed by atoms with Crippen LogP contribution in [0.4, 0.5) is 0 Å². The molecular formula is C9H17N5. The molecule has 78 valence electrons. The Balaban J connectivity index is 2.06. The molecule has 5 heteroatoms. The summed E-state index contributed by atoms with van der Waals surface area (Å²) in [6.45, 7) is 2.73. The van der Waals surface area contributed by atoms with E-state index in [-0.39, 0.29) is 0 Å². The Hall–Kier alpha value is -0.940. The van der Waals surface area contributed by atoms with Crippen LogP contribution in [0.3, 0.4) is 0 Å². The summed E-state index contributed by atoms with van der Waals surface area (Å²) in [5, 5.41) is 8.11. The van der Waals surface area contributed by atoms with Crippen molar-refractivity contribution >= 4 is 0 Å². The molecule has 2 rings (SSSR count). The van der Waals surface area contributed by atoms with Gasteiger partial charge < -0.3 is 10.6 Å². The van der Waals surface area contributed by atoms with E-state index in [2.05, 4.69) is 22.3 Å². The summed E-state index contributed by atoms with van der Waals surface area (Å²) in [5.41, 5.74) is 6.37. The van der Waals surface area contributed by atoms with Gasteiger partial charge in [0.2, 0.25) is 0 Å². The van der Waals surface area contributed by atoms with Gasteiger partial charge in [-0.25, -0.2) is 4.68 Å². The molecule has 0 saturated carbocycles. The summed E-state index contributed by atoms with van der Waals surface area (Å²) < 4.78 is 1.96. The number of rotatable bonds is 2. The summed E-state index contributed by atoms with van der Waals surface area (Å²) >= 11 is 0. The van der Waals surface area contributed by atoms with Gasteiger partial charge >= 0.3 is 0 Å². The van der Waals surface area contributed by atoms with E-state index in [0.29, 0.717) is 12.6 Å². The molecule has 0 radical (unpaired) electrons. The largest absolute Gasteiger partial charge is 0.325 e. The standard InChI is InChI=1S/C9H17N5/c1-13-4-2-3-9(7-13)14-6-8(5-10)11-12-14/h6,9H,2-5,7,10H2,1H3/t9-/m1/s1. The van der Waals surface area contributed by atoms with Crippen molar-refractivity contribution in [3.8, 4) is 0 Å². The lowest BCUT2D eigenvalue weighted by molar-refractivity contribution is 0.200. The number of hydrogen-bond donors (Lipinski definition) is 1. The van der Waals surface area contributed by atoms with Crippen molar-refractivity contribution in [1.82, 2.24) is 19.9 Å². The zero-order chi connectivity index (χ0) is 9.97. The minimum atomic E-state index is 0.474. The van der Waals surface area contributed by atoms with E-state index in [4.69, 9.17) is 5.73 Å². The minimum absolute atomic E-state index is 0.474. The number of aromatic nitrogens is 3. The zero-order valence-electron chi connectivity index (χ0n) is 8.56. The van der Waals surface area contributed by atoms with Crippen molar-refractivity contribution in [1.29, 1.82) is 0 Å². The van der Waals surface area contributed by atoms with Crippen molar-refractivity contribution in [2.75, 3.05) is 20.1 Å². The maximum Gasteiger partial charge on any atom is 0.0962 e. The summed E-state index contributed by atoms with van der Waals surface area (Å²) in [6, 6.07) is 0.474. The molecule has 0 amide bonds. The van der Waals surface area contributed by atoms with Crippen molar-refractivity contribution in [2.24, 2.45) is 5.73 Å². The van der Waals surface area contributed by atoms with Crippen LogP contribution in [-0.2, 0) is 6.54 Å². The van der Waals surface area contributed by atoms with E-state index in [1.165, 1.54) is 19.4 Å². The average molecular weight is 195 g/mol. The molecule has 14 heavy (non-hydrogen) atoms. The molecule has 0 aromatic carbocycles. The van der Waals surface area contributed by atoms with Crippen LogP contribution in [0.2, 0.25) is 0 Å². The zero-order valence-corrected chi connectivity index (χ0v) is 8.56. The molecule has 1 saturated heterocycles. The molecule has 0 spiro atoms. The first-order valence-electron chi connectivity index (χ1n) is 5.09. The van der Waals surface area contributed by atoms with Crippen molar-refractivity contribution in [3.05, 3.63) is 11.9 Å². The van der Waals surface area contributed by atoms with Gasteiger partial charge in [0.1, 0.15) is 0 Å². The minimum Gasteiger partial charge on any atom is -0.325 e. The molecule has 1 aliphatic heterocycles. The highest BCUT2D eigenvalue weighted by molar-refractivity contribution is 4.92. The van der Waals surface area contributed by atoms with Gasteiger partial charge in [0, 0.05) is 13.1 Å². The van der Waals surface area contributed by atoms with Crippen LogP contribution < -0.4 is 5.73 Å². The van der Waals surface area contributed by atoms with E-state index in [0.717, 1.165) is 12.2 Å². The number of nitrogens with zero attached hydrogens (tertiary/aromatic N) is 4. The van der Waals surface area contributed by atoms with Gasteiger partial charge in [0.15, 0.2) is 0 Å². The first kappa shape index (κ1) is 9.61. The predicted octanol–water partition coefficient (Wildman–Crippen LogP) is 0.00350. The third-order valence-electron chi connectivity index (χ3n) is 2.74. The quantitative estimate of drug-likeness (QED) is 0.722. The average Bonchev–Trinajstić information content (AvgIpc) is 2.66. The Morgan fingerprint density at radius 1 is 1.64 bits per heavy atom. The Kier molecular flexibility index (Phi) is 2.79. The first-order chi connectivity index (χ1) is 6.79. The van der Waals surface area contributed by atoms with E-state index in [1.54, 1.807) is 0 Å². The van der Waals surface area contributed by atoms with Crippen LogP contribution in [0.25, 0.3) is 0 Å². The van der Waals surface area contributed by atoms with Gasteiger partial charge in [-0.1, -0.05) is 5.21 Å². The van der Waals surface area contributed by atoms with Crippen LogP contribution in [0.5, 0.6) is 0 Å². The fraction of sp³-hybridized carbons (Fsp3) is 0.778.